The summed E-state index contributed by atoms with van der Waals surface area (Å²) in [5.74, 6) is -0.872. The lowest BCUT2D eigenvalue weighted by Gasteiger charge is -2.31. The van der Waals surface area contributed by atoms with Gasteiger partial charge in [0.15, 0.2) is 0 Å². The first-order valence-corrected chi connectivity index (χ1v) is 6.74. The Morgan fingerprint density at radius 3 is 2.00 bits per heavy atom. The molecule has 0 rings (SSSR count). The molecule has 0 aliphatic rings. The van der Waals surface area contributed by atoms with Crippen molar-refractivity contribution in [3.05, 3.63) is 0 Å². The number of rotatable bonds is 6. The third kappa shape index (κ3) is 8.16. The van der Waals surface area contributed by atoms with E-state index in [1.807, 2.05) is 0 Å². The van der Waals surface area contributed by atoms with E-state index in [9.17, 15) is 14.4 Å². The Morgan fingerprint density at radius 1 is 1.05 bits per heavy atom. The number of hydrogen-bond donors (Lipinski definition) is 0. The number of carbonyl (C=O) groups is 3. The summed E-state index contributed by atoms with van der Waals surface area (Å²) in [7, 11) is 2.55. The highest BCUT2D eigenvalue weighted by molar-refractivity contribution is 5.74. The van der Waals surface area contributed by atoms with Crippen LogP contribution in [-0.2, 0) is 23.8 Å². The van der Waals surface area contributed by atoms with E-state index in [1.54, 1.807) is 27.7 Å². The Kier molecular flexibility index (Phi) is 7.76. The normalized spacial score (nSPS) is 12.3. The van der Waals surface area contributed by atoms with Crippen molar-refractivity contribution in [1.82, 2.24) is 4.90 Å². The van der Waals surface area contributed by atoms with Crippen LogP contribution in [0.4, 0.5) is 4.79 Å². The van der Waals surface area contributed by atoms with Crippen LogP contribution < -0.4 is 0 Å². The molecule has 1 unspecified atom stereocenters. The summed E-state index contributed by atoms with van der Waals surface area (Å²) in [4.78, 5) is 36.1. The first-order valence-electron chi connectivity index (χ1n) is 6.74. The van der Waals surface area contributed by atoms with E-state index < -0.39 is 29.7 Å². The molecule has 0 saturated carbocycles. The van der Waals surface area contributed by atoms with Crippen LogP contribution in [0.25, 0.3) is 0 Å². The minimum atomic E-state index is -0.661. The molecule has 7 heteroatoms. The van der Waals surface area contributed by atoms with E-state index in [4.69, 9.17) is 4.74 Å². The van der Waals surface area contributed by atoms with Crippen molar-refractivity contribution in [3.63, 3.8) is 0 Å². The molecule has 0 aromatic rings. The summed E-state index contributed by atoms with van der Waals surface area (Å²) in [6.45, 7) is 7.04. The standard InChI is InChI=1S/C14H25NO6/c1-10(9-12(17)20-6)15(8-7-11(16)19-5)13(18)21-14(2,3)4/h10H,7-9H2,1-6H3. The smallest absolute Gasteiger partial charge is 0.410 e. The van der Waals surface area contributed by atoms with Crippen LogP contribution in [0.3, 0.4) is 0 Å². The zero-order valence-electron chi connectivity index (χ0n) is 13.6. The van der Waals surface area contributed by atoms with Gasteiger partial charge in [0.05, 0.1) is 27.1 Å². The number of hydrogen-bond acceptors (Lipinski definition) is 6. The van der Waals surface area contributed by atoms with Crippen molar-refractivity contribution in [2.75, 3.05) is 20.8 Å². The second kappa shape index (κ2) is 8.49. The van der Waals surface area contributed by atoms with Gasteiger partial charge in [-0.05, 0) is 27.7 Å². The SMILES string of the molecule is COC(=O)CCN(C(=O)OC(C)(C)C)C(C)CC(=O)OC. The van der Waals surface area contributed by atoms with Crippen LogP contribution in [0.2, 0.25) is 0 Å². The number of ether oxygens (including phenoxy) is 3. The van der Waals surface area contributed by atoms with E-state index >= 15 is 0 Å². The van der Waals surface area contributed by atoms with Crippen molar-refractivity contribution < 1.29 is 28.6 Å². The van der Waals surface area contributed by atoms with Crippen LogP contribution >= 0.6 is 0 Å². The molecule has 0 spiro atoms. The van der Waals surface area contributed by atoms with Crippen molar-refractivity contribution in [2.45, 2.75) is 52.2 Å². The fourth-order valence-corrected chi connectivity index (χ4v) is 1.56. The fraction of sp³-hybridized carbons (Fsp3) is 0.786. The minimum Gasteiger partial charge on any atom is -0.469 e. The van der Waals surface area contributed by atoms with Gasteiger partial charge in [-0.15, -0.1) is 0 Å². The fourth-order valence-electron chi connectivity index (χ4n) is 1.56. The van der Waals surface area contributed by atoms with Crippen LogP contribution in [-0.4, -0.2) is 55.3 Å². The Bertz CT molecular complexity index is 374. The average molecular weight is 303 g/mol. The Morgan fingerprint density at radius 2 is 1.57 bits per heavy atom. The number of methoxy groups -OCH3 is 2. The molecule has 122 valence electrons. The molecular weight excluding hydrogens is 278 g/mol. The second-order valence-electron chi connectivity index (χ2n) is 5.63. The molecule has 21 heavy (non-hydrogen) atoms. The largest absolute Gasteiger partial charge is 0.469 e. The Labute approximate surface area is 125 Å². The van der Waals surface area contributed by atoms with Crippen molar-refractivity contribution in [3.8, 4) is 0 Å². The summed E-state index contributed by atoms with van der Waals surface area (Å²) < 4.78 is 14.4. The molecule has 1 amide bonds. The molecule has 0 aliphatic heterocycles. The van der Waals surface area contributed by atoms with Gasteiger partial charge < -0.3 is 19.1 Å². The van der Waals surface area contributed by atoms with E-state index in [0.717, 1.165) is 0 Å². The average Bonchev–Trinajstić information content (AvgIpc) is 2.36. The van der Waals surface area contributed by atoms with Gasteiger partial charge in [-0.3, -0.25) is 9.59 Å². The topological polar surface area (TPSA) is 82.1 Å². The molecule has 0 aromatic heterocycles. The molecule has 0 fully saturated rings. The van der Waals surface area contributed by atoms with Crippen LogP contribution in [0.1, 0.15) is 40.5 Å². The van der Waals surface area contributed by atoms with E-state index in [0.29, 0.717) is 0 Å². The van der Waals surface area contributed by atoms with Gasteiger partial charge in [-0.1, -0.05) is 0 Å². The van der Waals surface area contributed by atoms with Crippen LogP contribution in [0.5, 0.6) is 0 Å². The van der Waals surface area contributed by atoms with E-state index in [1.165, 1.54) is 19.1 Å². The first kappa shape index (κ1) is 19.2. The maximum absolute atomic E-state index is 12.2. The summed E-state index contributed by atoms with van der Waals surface area (Å²) in [6, 6.07) is -0.447. The summed E-state index contributed by atoms with van der Waals surface area (Å²) >= 11 is 0. The molecule has 0 bridgehead atoms. The highest BCUT2D eigenvalue weighted by atomic mass is 16.6. The predicted molar refractivity (Wildman–Crippen MR) is 75.7 cm³/mol. The van der Waals surface area contributed by atoms with Crippen LogP contribution in [0.15, 0.2) is 0 Å². The Balaban J connectivity index is 4.86. The molecule has 0 heterocycles. The van der Waals surface area contributed by atoms with E-state index in [2.05, 4.69) is 9.47 Å². The second-order valence-corrected chi connectivity index (χ2v) is 5.63. The summed E-state index contributed by atoms with van der Waals surface area (Å²) in [6.07, 6.45) is -0.527. The van der Waals surface area contributed by atoms with Crippen LogP contribution in [0, 0.1) is 0 Å². The van der Waals surface area contributed by atoms with Crippen molar-refractivity contribution in [1.29, 1.82) is 0 Å². The minimum absolute atomic E-state index is 0.0247. The van der Waals surface area contributed by atoms with Crippen molar-refractivity contribution in [2.24, 2.45) is 0 Å². The van der Waals surface area contributed by atoms with Gasteiger partial charge in [-0.2, -0.15) is 0 Å². The van der Waals surface area contributed by atoms with Gasteiger partial charge in [0, 0.05) is 12.6 Å². The highest BCUT2D eigenvalue weighted by Gasteiger charge is 2.28. The summed E-state index contributed by atoms with van der Waals surface area (Å²) in [5.41, 5.74) is -0.661. The molecule has 0 N–H and O–H groups in total. The molecule has 0 aliphatic carbocycles. The lowest BCUT2D eigenvalue weighted by molar-refractivity contribution is -0.141. The Hall–Kier alpha value is -1.79. The molecule has 0 saturated heterocycles. The maximum Gasteiger partial charge on any atom is 0.410 e. The third-order valence-corrected chi connectivity index (χ3v) is 2.63. The molecule has 0 aromatic carbocycles. The zero-order chi connectivity index (χ0) is 16.6. The molecule has 0 radical (unpaired) electrons. The van der Waals surface area contributed by atoms with Gasteiger partial charge in [0.2, 0.25) is 0 Å². The number of carbonyl (C=O) groups excluding carboxylic acids is 3. The summed E-state index contributed by atoms with van der Waals surface area (Å²) in [5, 5.41) is 0. The van der Waals surface area contributed by atoms with Gasteiger partial charge in [-0.25, -0.2) is 4.79 Å². The molecule has 7 nitrogen and oxygen atoms in total. The lowest BCUT2D eigenvalue weighted by Crippen LogP contribution is -2.44. The van der Waals surface area contributed by atoms with Crippen molar-refractivity contribution >= 4 is 18.0 Å². The van der Waals surface area contributed by atoms with E-state index in [-0.39, 0.29) is 19.4 Å². The molecule has 1 atom stereocenters. The number of nitrogens with zero attached hydrogens (tertiary/aromatic N) is 1. The van der Waals surface area contributed by atoms with Gasteiger partial charge in [0.25, 0.3) is 0 Å². The third-order valence-electron chi connectivity index (χ3n) is 2.63. The maximum atomic E-state index is 12.2. The lowest BCUT2D eigenvalue weighted by atomic mass is 10.2. The predicted octanol–water partition coefficient (Wildman–Crippen LogP) is 1.74. The first-order chi connectivity index (χ1) is 9.60. The monoisotopic (exact) mass is 303 g/mol. The zero-order valence-corrected chi connectivity index (χ0v) is 13.6. The quantitative estimate of drug-likeness (QED) is 0.549. The van der Waals surface area contributed by atoms with Gasteiger partial charge >= 0.3 is 18.0 Å². The number of amides is 1. The highest BCUT2D eigenvalue weighted by Crippen LogP contribution is 2.14. The van der Waals surface area contributed by atoms with Gasteiger partial charge in [0.1, 0.15) is 5.60 Å². The molecular formula is C14H25NO6. The number of esters is 2.